The molecule has 0 bridgehead atoms. The average Bonchev–Trinajstić information content (AvgIpc) is 2.56. The number of hydrogen-bond acceptors (Lipinski definition) is 3. The van der Waals surface area contributed by atoms with Crippen molar-refractivity contribution < 1.29 is 0 Å². The predicted octanol–water partition coefficient (Wildman–Crippen LogP) is 5.37. The molecule has 3 aromatic carbocycles. The third-order valence-corrected chi connectivity index (χ3v) is 2.59. The Bertz CT molecular complexity index is 608. The summed E-state index contributed by atoms with van der Waals surface area (Å²) in [6, 6.07) is 28.9. The second-order valence-corrected chi connectivity index (χ2v) is 4.28. The van der Waals surface area contributed by atoms with E-state index in [4.69, 9.17) is 5.73 Å². The van der Waals surface area contributed by atoms with E-state index in [1.807, 2.05) is 91.0 Å². The summed E-state index contributed by atoms with van der Waals surface area (Å²) in [6.07, 6.45) is 0. The Balaban J connectivity index is 0.000000194. The normalized spacial score (nSPS) is 9.90. The molecule has 0 spiro atoms. The van der Waals surface area contributed by atoms with E-state index in [0.717, 1.165) is 17.1 Å². The van der Waals surface area contributed by atoms with Gasteiger partial charge >= 0.3 is 0 Å². The first-order valence-corrected chi connectivity index (χ1v) is 6.67. The molecule has 3 rings (SSSR count). The van der Waals surface area contributed by atoms with Gasteiger partial charge in [-0.15, -0.1) is 0 Å². The van der Waals surface area contributed by atoms with Gasteiger partial charge in [0.15, 0.2) is 0 Å². The molecule has 0 aliphatic heterocycles. The van der Waals surface area contributed by atoms with Gasteiger partial charge in [-0.2, -0.15) is 10.2 Å². The number of nitrogens with two attached hydrogens (primary N) is 1. The van der Waals surface area contributed by atoms with Crippen LogP contribution in [-0.2, 0) is 0 Å². The van der Waals surface area contributed by atoms with Crippen LogP contribution in [0.2, 0.25) is 0 Å². The maximum absolute atomic E-state index is 5.36. The molecule has 21 heavy (non-hydrogen) atoms. The molecule has 0 unspecified atom stereocenters. The molecular formula is C18H17N3. The number of anilines is 1. The topological polar surface area (TPSA) is 50.7 Å². The highest BCUT2D eigenvalue weighted by molar-refractivity contribution is 5.39. The molecule has 0 aliphatic carbocycles. The highest BCUT2D eigenvalue weighted by atomic mass is 15.1. The fourth-order valence-corrected chi connectivity index (χ4v) is 1.56. The largest absolute Gasteiger partial charge is 0.399 e. The van der Waals surface area contributed by atoms with E-state index in [9.17, 15) is 0 Å². The van der Waals surface area contributed by atoms with Gasteiger partial charge in [-0.3, -0.25) is 0 Å². The standard InChI is InChI=1S/C12H10N2.C6H7N/c1-3-7-11(8-4-1)13-14-12-9-5-2-6-10-12;7-6-4-2-1-3-5-6/h1-10H;1-5H,7H2. The Morgan fingerprint density at radius 2 is 0.810 bits per heavy atom. The first-order valence-electron chi connectivity index (χ1n) is 6.67. The molecule has 104 valence electrons. The Hall–Kier alpha value is -2.94. The van der Waals surface area contributed by atoms with Crippen molar-refractivity contribution >= 4 is 17.1 Å². The molecule has 3 aromatic rings. The lowest BCUT2D eigenvalue weighted by Gasteiger charge is -1.91. The van der Waals surface area contributed by atoms with Crippen LogP contribution in [0.15, 0.2) is 101 Å². The summed E-state index contributed by atoms with van der Waals surface area (Å²) in [5, 5.41) is 8.20. The molecule has 0 heterocycles. The van der Waals surface area contributed by atoms with E-state index in [2.05, 4.69) is 10.2 Å². The Labute approximate surface area is 124 Å². The summed E-state index contributed by atoms with van der Waals surface area (Å²) < 4.78 is 0. The molecule has 2 N–H and O–H groups in total. The highest BCUT2D eigenvalue weighted by Gasteiger charge is 1.86. The van der Waals surface area contributed by atoms with Crippen molar-refractivity contribution in [2.45, 2.75) is 0 Å². The van der Waals surface area contributed by atoms with E-state index < -0.39 is 0 Å². The zero-order chi connectivity index (χ0) is 14.8. The molecule has 3 nitrogen and oxygen atoms in total. The number of rotatable bonds is 2. The molecule has 0 atom stereocenters. The van der Waals surface area contributed by atoms with Gasteiger partial charge < -0.3 is 5.73 Å². The highest BCUT2D eigenvalue weighted by Crippen LogP contribution is 2.16. The summed E-state index contributed by atoms with van der Waals surface area (Å²) in [5.41, 5.74) is 7.92. The summed E-state index contributed by atoms with van der Waals surface area (Å²) in [7, 11) is 0. The van der Waals surface area contributed by atoms with Crippen LogP contribution in [0.25, 0.3) is 0 Å². The van der Waals surface area contributed by atoms with Crippen LogP contribution in [-0.4, -0.2) is 0 Å². The predicted molar refractivity (Wildman–Crippen MR) is 87.9 cm³/mol. The third-order valence-electron chi connectivity index (χ3n) is 2.59. The number of nitrogen functional groups attached to an aromatic ring is 1. The van der Waals surface area contributed by atoms with E-state index in [1.54, 1.807) is 0 Å². The first-order chi connectivity index (χ1) is 10.3. The Morgan fingerprint density at radius 1 is 0.476 bits per heavy atom. The number of benzene rings is 3. The minimum absolute atomic E-state index is 0.822. The van der Waals surface area contributed by atoms with Crippen molar-refractivity contribution in [2.24, 2.45) is 10.2 Å². The molecule has 0 radical (unpaired) electrons. The van der Waals surface area contributed by atoms with E-state index >= 15 is 0 Å². The number of nitrogens with zero attached hydrogens (tertiary/aromatic N) is 2. The van der Waals surface area contributed by atoms with Crippen LogP contribution in [0.5, 0.6) is 0 Å². The van der Waals surface area contributed by atoms with E-state index in [-0.39, 0.29) is 0 Å². The SMILES string of the molecule is Nc1ccccc1.c1ccc(N=Nc2ccccc2)cc1. The van der Waals surface area contributed by atoms with Gasteiger partial charge in [0, 0.05) is 5.69 Å². The van der Waals surface area contributed by atoms with Crippen LogP contribution >= 0.6 is 0 Å². The van der Waals surface area contributed by atoms with Crippen molar-refractivity contribution in [2.75, 3.05) is 5.73 Å². The molecule has 3 heteroatoms. The molecule has 0 amide bonds. The minimum atomic E-state index is 0.822. The van der Waals surface area contributed by atoms with Gasteiger partial charge in [-0.1, -0.05) is 54.6 Å². The zero-order valence-electron chi connectivity index (χ0n) is 11.6. The molecule has 0 saturated heterocycles. The van der Waals surface area contributed by atoms with Gasteiger partial charge in [-0.25, -0.2) is 0 Å². The second-order valence-electron chi connectivity index (χ2n) is 4.28. The van der Waals surface area contributed by atoms with Crippen LogP contribution in [0.1, 0.15) is 0 Å². The van der Waals surface area contributed by atoms with Gasteiger partial charge in [0.05, 0.1) is 11.4 Å². The Kier molecular flexibility index (Phi) is 5.70. The van der Waals surface area contributed by atoms with Crippen molar-refractivity contribution in [3.8, 4) is 0 Å². The zero-order valence-corrected chi connectivity index (χ0v) is 11.6. The maximum Gasteiger partial charge on any atom is 0.0857 e. The summed E-state index contributed by atoms with van der Waals surface area (Å²) in [6.45, 7) is 0. The lowest BCUT2D eigenvalue weighted by Crippen LogP contribution is -1.79. The number of hydrogen-bond donors (Lipinski definition) is 1. The van der Waals surface area contributed by atoms with Crippen LogP contribution in [0.3, 0.4) is 0 Å². The van der Waals surface area contributed by atoms with Crippen molar-refractivity contribution in [3.05, 3.63) is 91.0 Å². The van der Waals surface area contributed by atoms with Crippen molar-refractivity contribution in [1.82, 2.24) is 0 Å². The van der Waals surface area contributed by atoms with Gasteiger partial charge in [0.25, 0.3) is 0 Å². The smallest absolute Gasteiger partial charge is 0.0857 e. The summed E-state index contributed by atoms with van der Waals surface area (Å²) in [5.74, 6) is 0. The molecule has 0 aromatic heterocycles. The lowest BCUT2D eigenvalue weighted by atomic mass is 10.3. The summed E-state index contributed by atoms with van der Waals surface area (Å²) in [4.78, 5) is 0. The fourth-order valence-electron chi connectivity index (χ4n) is 1.56. The first kappa shape index (κ1) is 14.5. The Morgan fingerprint density at radius 3 is 1.10 bits per heavy atom. The quantitative estimate of drug-likeness (QED) is 0.496. The van der Waals surface area contributed by atoms with Gasteiger partial charge in [-0.05, 0) is 36.4 Å². The molecule has 0 aliphatic rings. The third kappa shape index (κ3) is 5.70. The monoisotopic (exact) mass is 275 g/mol. The number of azo groups is 1. The molecular weight excluding hydrogens is 258 g/mol. The maximum atomic E-state index is 5.36. The second kappa shape index (κ2) is 8.27. The van der Waals surface area contributed by atoms with Gasteiger partial charge in [0.1, 0.15) is 0 Å². The lowest BCUT2D eigenvalue weighted by molar-refractivity contribution is 1.23. The number of para-hydroxylation sites is 1. The fraction of sp³-hybridized carbons (Fsp3) is 0. The molecule has 0 saturated carbocycles. The van der Waals surface area contributed by atoms with Crippen molar-refractivity contribution in [3.63, 3.8) is 0 Å². The molecule has 0 fully saturated rings. The van der Waals surface area contributed by atoms with Crippen LogP contribution in [0, 0.1) is 0 Å². The van der Waals surface area contributed by atoms with E-state index in [0.29, 0.717) is 0 Å². The van der Waals surface area contributed by atoms with Crippen molar-refractivity contribution in [1.29, 1.82) is 0 Å². The van der Waals surface area contributed by atoms with Gasteiger partial charge in [0.2, 0.25) is 0 Å². The average molecular weight is 275 g/mol. The summed E-state index contributed by atoms with van der Waals surface area (Å²) >= 11 is 0. The van der Waals surface area contributed by atoms with Crippen LogP contribution < -0.4 is 5.73 Å². The van der Waals surface area contributed by atoms with E-state index in [1.165, 1.54) is 0 Å². The minimum Gasteiger partial charge on any atom is -0.399 e. The van der Waals surface area contributed by atoms with Crippen LogP contribution in [0.4, 0.5) is 17.1 Å².